The summed E-state index contributed by atoms with van der Waals surface area (Å²) < 4.78 is 34.3. The fraction of sp³-hybridized carbons (Fsp3) is 0.406. The van der Waals surface area contributed by atoms with E-state index in [2.05, 4.69) is 15.1 Å². The number of fused-ring (bicyclic) bond motifs is 4. The quantitative estimate of drug-likeness (QED) is 0.337. The molecule has 5 rings (SSSR count). The number of carbonyl (C=O) groups is 2. The van der Waals surface area contributed by atoms with Gasteiger partial charge >= 0.3 is 6.01 Å². The lowest BCUT2D eigenvalue weighted by atomic mass is 10.1. The fourth-order valence-corrected chi connectivity index (χ4v) is 5.32. The van der Waals surface area contributed by atoms with E-state index in [1.54, 1.807) is 43.1 Å². The van der Waals surface area contributed by atoms with Crippen LogP contribution in [0.15, 0.2) is 48.8 Å². The van der Waals surface area contributed by atoms with Crippen molar-refractivity contribution in [3.63, 3.8) is 0 Å². The number of carbonyl (C=O) groups excluding carboxylic acids is 2. The van der Waals surface area contributed by atoms with Crippen LogP contribution in [-0.2, 0) is 13.6 Å². The van der Waals surface area contributed by atoms with Gasteiger partial charge in [0.1, 0.15) is 11.6 Å². The summed E-state index contributed by atoms with van der Waals surface area (Å²) in [5.41, 5.74) is 1.67. The zero-order chi connectivity index (χ0) is 31.9. The van der Waals surface area contributed by atoms with Gasteiger partial charge < -0.3 is 28.6 Å². The molecule has 0 unspecified atom stereocenters. The number of amides is 2. The summed E-state index contributed by atoms with van der Waals surface area (Å²) in [6.07, 6.45) is 5.43. The molecule has 13 heteroatoms. The molecule has 3 heterocycles. The molecular weight excluding hydrogens is 581 g/mol. The molecule has 0 atom stereocenters. The maximum Gasteiger partial charge on any atom is 0.314 e. The molecule has 238 valence electrons. The largest absolute Gasteiger partial charge is 0.493 e. The Morgan fingerprint density at radius 1 is 0.911 bits per heavy atom. The maximum atomic E-state index is 13.9. The molecule has 0 aliphatic carbocycles. The predicted molar refractivity (Wildman–Crippen MR) is 164 cm³/mol. The number of aryl methyl sites for hydroxylation is 2. The molecule has 0 N–H and O–H groups in total. The van der Waals surface area contributed by atoms with E-state index in [4.69, 9.17) is 14.2 Å². The van der Waals surface area contributed by atoms with Gasteiger partial charge in [-0.25, -0.2) is 14.1 Å². The van der Waals surface area contributed by atoms with Crippen LogP contribution in [0.3, 0.4) is 0 Å². The molecule has 1 aliphatic rings. The Kier molecular flexibility index (Phi) is 9.95. The van der Waals surface area contributed by atoms with E-state index in [0.29, 0.717) is 81.2 Å². The zero-order valence-electron chi connectivity index (χ0n) is 26.0. The van der Waals surface area contributed by atoms with Crippen molar-refractivity contribution in [2.24, 2.45) is 7.05 Å². The van der Waals surface area contributed by atoms with Crippen LogP contribution >= 0.6 is 0 Å². The van der Waals surface area contributed by atoms with Crippen molar-refractivity contribution in [2.45, 2.75) is 32.7 Å². The Balaban J connectivity index is 1.43. The number of benzene rings is 2. The van der Waals surface area contributed by atoms with Crippen molar-refractivity contribution in [1.29, 1.82) is 0 Å². The molecule has 0 saturated heterocycles. The number of halogens is 1. The van der Waals surface area contributed by atoms with Crippen molar-refractivity contribution in [3.8, 4) is 28.9 Å². The highest BCUT2D eigenvalue weighted by Gasteiger charge is 2.23. The van der Waals surface area contributed by atoms with Gasteiger partial charge in [0.25, 0.3) is 11.8 Å². The van der Waals surface area contributed by atoms with E-state index in [1.807, 2.05) is 29.0 Å². The minimum absolute atomic E-state index is 0.0477. The van der Waals surface area contributed by atoms with E-state index >= 15 is 0 Å². The average Bonchev–Trinajstić information content (AvgIpc) is 3.68. The molecule has 4 aromatic rings. The standard InChI is InChI=1S/C32H38FN7O5/c1-22-20-24(8-10-25(22)33)30(41)39-13-5-6-14-40(31(42)28-35-32(44-4)37(2)36-28)18-17-38-16-12-34-29(38)23-9-11-26(43-3)27(21-23)45-19-7-15-39/h8-12,16,20-21H,5-7,13-15,17-19H2,1-4H3. The van der Waals surface area contributed by atoms with E-state index in [1.165, 1.54) is 23.9 Å². The minimum Gasteiger partial charge on any atom is -0.493 e. The van der Waals surface area contributed by atoms with E-state index in [0.717, 1.165) is 11.4 Å². The average molecular weight is 620 g/mol. The zero-order valence-corrected chi connectivity index (χ0v) is 26.0. The van der Waals surface area contributed by atoms with E-state index in [9.17, 15) is 14.0 Å². The third kappa shape index (κ3) is 7.24. The van der Waals surface area contributed by atoms with Crippen LogP contribution in [-0.4, -0.2) is 92.9 Å². The Morgan fingerprint density at radius 2 is 1.67 bits per heavy atom. The Morgan fingerprint density at radius 3 is 2.38 bits per heavy atom. The molecule has 2 aromatic carbocycles. The molecule has 12 nitrogen and oxygen atoms in total. The Labute approximate surface area is 261 Å². The molecule has 2 amide bonds. The summed E-state index contributed by atoms with van der Waals surface area (Å²) in [4.78, 5) is 39.5. The highest BCUT2D eigenvalue weighted by molar-refractivity contribution is 5.94. The molecule has 1 aliphatic heterocycles. The highest BCUT2D eigenvalue weighted by atomic mass is 19.1. The number of methoxy groups -OCH3 is 2. The summed E-state index contributed by atoms with van der Waals surface area (Å²) in [6, 6.07) is 10.3. The van der Waals surface area contributed by atoms with Crippen molar-refractivity contribution < 1.29 is 28.2 Å². The van der Waals surface area contributed by atoms with Crippen LogP contribution in [0.25, 0.3) is 11.4 Å². The van der Waals surface area contributed by atoms with E-state index in [-0.39, 0.29) is 29.5 Å². The van der Waals surface area contributed by atoms with Gasteiger partial charge in [-0.3, -0.25) is 9.59 Å². The molecule has 0 fully saturated rings. The van der Waals surface area contributed by atoms with Gasteiger partial charge in [-0.2, -0.15) is 4.98 Å². The molecular formula is C32H38FN7O5. The normalized spacial score (nSPS) is 14.7. The summed E-state index contributed by atoms with van der Waals surface area (Å²) in [5.74, 6) is 1.07. The van der Waals surface area contributed by atoms with Crippen LogP contribution < -0.4 is 14.2 Å². The number of nitrogens with zero attached hydrogens (tertiary/aromatic N) is 7. The van der Waals surface area contributed by atoms with Gasteiger partial charge in [0, 0.05) is 63.3 Å². The van der Waals surface area contributed by atoms with Gasteiger partial charge in [-0.1, -0.05) is 0 Å². The Bertz CT molecular complexity index is 1650. The number of aromatic nitrogens is 5. The van der Waals surface area contributed by atoms with Crippen LogP contribution in [0, 0.1) is 12.7 Å². The first-order chi connectivity index (χ1) is 21.8. The van der Waals surface area contributed by atoms with Gasteiger partial charge in [0.2, 0.25) is 5.82 Å². The summed E-state index contributed by atoms with van der Waals surface area (Å²) in [7, 11) is 4.73. The molecule has 0 saturated carbocycles. The number of ether oxygens (including phenoxy) is 3. The third-order valence-electron chi connectivity index (χ3n) is 7.76. The highest BCUT2D eigenvalue weighted by Crippen LogP contribution is 2.32. The smallest absolute Gasteiger partial charge is 0.314 e. The third-order valence-corrected chi connectivity index (χ3v) is 7.76. The van der Waals surface area contributed by atoms with Crippen LogP contribution in [0.4, 0.5) is 4.39 Å². The van der Waals surface area contributed by atoms with Crippen LogP contribution in [0.2, 0.25) is 0 Å². The van der Waals surface area contributed by atoms with E-state index < -0.39 is 0 Å². The minimum atomic E-state index is -0.355. The first-order valence-corrected chi connectivity index (χ1v) is 14.9. The van der Waals surface area contributed by atoms with Crippen molar-refractivity contribution in [1.82, 2.24) is 34.1 Å². The molecule has 2 aromatic heterocycles. The van der Waals surface area contributed by atoms with Gasteiger partial charge in [-0.15, -0.1) is 5.10 Å². The number of hydrogen-bond acceptors (Lipinski definition) is 8. The SMILES string of the molecule is COc1ccc2cc1OCCCN(C(=O)c1ccc(F)c(C)c1)CCCCN(C(=O)c1nc(OC)n(C)n1)CCn1ccnc1-2. The monoisotopic (exact) mass is 619 g/mol. The van der Waals surface area contributed by atoms with Gasteiger partial charge in [0.15, 0.2) is 11.5 Å². The number of rotatable bonds is 4. The lowest BCUT2D eigenvalue weighted by Gasteiger charge is -2.25. The van der Waals surface area contributed by atoms with Crippen molar-refractivity contribution in [2.75, 3.05) is 47.0 Å². The van der Waals surface area contributed by atoms with Gasteiger partial charge in [0.05, 0.1) is 20.8 Å². The van der Waals surface area contributed by atoms with Crippen molar-refractivity contribution >= 4 is 11.8 Å². The molecule has 0 spiro atoms. The first kappa shape index (κ1) is 31.5. The van der Waals surface area contributed by atoms with Crippen molar-refractivity contribution in [3.05, 3.63) is 71.6 Å². The summed E-state index contributed by atoms with van der Waals surface area (Å²) in [6.45, 7) is 4.16. The number of hydrogen-bond donors (Lipinski definition) is 0. The Hall–Kier alpha value is -4.94. The van der Waals surface area contributed by atoms with Gasteiger partial charge in [-0.05, 0) is 68.1 Å². The molecule has 2 bridgehead atoms. The second-order valence-corrected chi connectivity index (χ2v) is 10.8. The fourth-order valence-electron chi connectivity index (χ4n) is 5.32. The maximum absolute atomic E-state index is 13.9. The lowest BCUT2D eigenvalue weighted by Crippen LogP contribution is -2.37. The second kappa shape index (κ2) is 14.2. The molecule has 45 heavy (non-hydrogen) atoms. The predicted octanol–water partition coefficient (Wildman–Crippen LogP) is 3.99. The van der Waals surface area contributed by atoms with Crippen LogP contribution in [0.5, 0.6) is 17.5 Å². The molecule has 0 radical (unpaired) electrons. The summed E-state index contributed by atoms with van der Waals surface area (Å²) in [5, 5.41) is 4.26. The number of imidazole rings is 1. The second-order valence-electron chi connectivity index (χ2n) is 10.8. The topological polar surface area (TPSA) is 117 Å². The lowest BCUT2D eigenvalue weighted by molar-refractivity contribution is 0.0707. The van der Waals surface area contributed by atoms with Crippen LogP contribution in [0.1, 0.15) is 45.8 Å². The first-order valence-electron chi connectivity index (χ1n) is 14.9. The summed E-state index contributed by atoms with van der Waals surface area (Å²) >= 11 is 0.